The summed E-state index contributed by atoms with van der Waals surface area (Å²) in [6.45, 7) is 5.13. The summed E-state index contributed by atoms with van der Waals surface area (Å²) in [4.78, 5) is 14.1. The van der Waals surface area contributed by atoms with Crippen LogP contribution in [0.15, 0.2) is 24.3 Å². The molecule has 1 aliphatic heterocycles. The summed E-state index contributed by atoms with van der Waals surface area (Å²) in [5.74, 6) is 0.903. The van der Waals surface area contributed by atoms with E-state index in [1.165, 1.54) is 0 Å². The molecule has 0 atom stereocenters. The van der Waals surface area contributed by atoms with E-state index in [1.807, 2.05) is 34.6 Å². The average Bonchev–Trinajstić information content (AvgIpc) is 2.94. The number of aryl methyl sites for hydroxylation is 1. The highest BCUT2D eigenvalue weighted by Crippen LogP contribution is 2.19. The fourth-order valence-electron chi connectivity index (χ4n) is 2.71. The molecular weight excluding hydrogens is 312 g/mol. The first-order valence-electron chi connectivity index (χ1n) is 7.73. The molecule has 7 heteroatoms. The number of carbonyl (C=O) groups is 1. The summed E-state index contributed by atoms with van der Waals surface area (Å²) in [7, 11) is 0. The third-order valence-electron chi connectivity index (χ3n) is 3.95. The van der Waals surface area contributed by atoms with Gasteiger partial charge < -0.3 is 9.64 Å². The lowest BCUT2D eigenvalue weighted by Gasteiger charge is -2.26. The van der Waals surface area contributed by atoms with Gasteiger partial charge >= 0.3 is 0 Å². The Hall–Kier alpha value is -1.99. The summed E-state index contributed by atoms with van der Waals surface area (Å²) in [6, 6.07) is 8.09. The van der Waals surface area contributed by atoms with Crippen molar-refractivity contribution < 1.29 is 9.53 Å². The van der Waals surface area contributed by atoms with Gasteiger partial charge in [-0.05, 0) is 25.2 Å². The van der Waals surface area contributed by atoms with Gasteiger partial charge in [-0.3, -0.25) is 14.5 Å². The van der Waals surface area contributed by atoms with Crippen molar-refractivity contribution in [2.24, 2.45) is 0 Å². The average molecular weight is 332 g/mol. The van der Waals surface area contributed by atoms with E-state index in [1.54, 1.807) is 0 Å². The number of aromatic amines is 1. The van der Waals surface area contributed by atoms with Crippen LogP contribution in [0.5, 0.6) is 0 Å². The van der Waals surface area contributed by atoms with E-state index in [9.17, 15) is 4.79 Å². The van der Waals surface area contributed by atoms with Gasteiger partial charge in [-0.1, -0.05) is 23.8 Å². The Labute approximate surface area is 140 Å². The van der Waals surface area contributed by atoms with E-state index < -0.39 is 0 Å². The zero-order valence-corrected chi connectivity index (χ0v) is 13.9. The number of nitrogens with zero attached hydrogens (tertiary/aromatic N) is 3. The highest BCUT2D eigenvalue weighted by Gasteiger charge is 2.17. The molecule has 1 aliphatic rings. The standard InChI is InChI=1S/C16H20N4O2S/c1-12-3-2-4-13(11-12)15-17-18-16(23)20(15)6-5-14(21)19-7-9-22-10-8-19/h2-4,11H,5-10H2,1H3,(H,18,23). The van der Waals surface area contributed by atoms with Crippen LogP contribution in [-0.4, -0.2) is 51.9 Å². The van der Waals surface area contributed by atoms with E-state index in [-0.39, 0.29) is 5.91 Å². The van der Waals surface area contributed by atoms with Crippen LogP contribution in [0, 0.1) is 11.7 Å². The van der Waals surface area contributed by atoms with Gasteiger partial charge in [-0.15, -0.1) is 0 Å². The molecule has 122 valence electrons. The number of ether oxygens (including phenoxy) is 1. The summed E-state index contributed by atoms with van der Waals surface area (Å²) in [5.41, 5.74) is 2.16. The molecule has 3 rings (SSSR count). The van der Waals surface area contributed by atoms with Gasteiger partial charge in [0.25, 0.3) is 0 Å². The number of H-pyrrole nitrogens is 1. The van der Waals surface area contributed by atoms with Gasteiger partial charge in [0, 0.05) is 31.6 Å². The second kappa shape index (κ2) is 7.06. The minimum absolute atomic E-state index is 0.131. The summed E-state index contributed by atoms with van der Waals surface area (Å²) < 4.78 is 7.71. The summed E-state index contributed by atoms with van der Waals surface area (Å²) >= 11 is 5.31. The van der Waals surface area contributed by atoms with Crippen molar-refractivity contribution in [1.29, 1.82) is 0 Å². The number of rotatable bonds is 4. The fourth-order valence-corrected chi connectivity index (χ4v) is 2.93. The lowest BCUT2D eigenvalue weighted by atomic mass is 10.1. The van der Waals surface area contributed by atoms with Crippen LogP contribution in [-0.2, 0) is 16.1 Å². The largest absolute Gasteiger partial charge is 0.378 e. The van der Waals surface area contributed by atoms with Gasteiger partial charge in [-0.25, -0.2) is 0 Å². The molecule has 23 heavy (non-hydrogen) atoms. The Kier molecular flexibility index (Phi) is 4.88. The molecule has 1 aromatic heterocycles. The van der Waals surface area contributed by atoms with Crippen molar-refractivity contribution in [1.82, 2.24) is 19.7 Å². The quantitative estimate of drug-likeness (QED) is 0.872. The number of carbonyl (C=O) groups excluding carboxylic acids is 1. The molecule has 2 aromatic rings. The van der Waals surface area contributed by atoms with E-state index >= 15 is 0 Å². The van der Waals surface area contributed by atoms with E-state index in [0.29, 0.717) is 44.0 Å². The van der Waals surface area contributed by atoms with Crippen LogP contribution in [0.25, 0.3) is 11.4 Å². The molecule has 0 saturated carbocycles. The zero-order valence-electron chi connectivity index (χ0n) is 13.1. The highest BCUT2D eigenvalue weighted by molar-refractivity contribution is 7.71. The monoisotopic (exact) mass is 332 g/mol. The Bertz CT molecular complexity index is 747. The maximum atomic E-state index is 12.3. The van der Waals surface area contributed by atoms with Crippen LogP contribution in [0.4, 0.5) is 0 Å². The van der Waals surface area contributed by atoms with Gasteiger partial charge in [0.2, 0.25) is 5.91 Å². The molecule has 2 heterocycles. The van der Waals surface area contributed by atoms with Crippen molar-refractivity contribution >= 4 is 18.1 Å². The molecule has 0 spiro atoms. The molecule has 1 aromatic carbocycles. The van der Waals surface area contributed by atoms with Crippen molar-refractivity contribution in [3.63, 3.8) is 0 Å². The normalized spacial score (nSPS) is 14.9. The van der Waals surface area contributed by atoms with E-state index in [2.05, 4.69) is 16.3 Å². The number of nitrogens with one attached hydrogen (secondary N) is 1. The number of hydrogen-bond acceptors (Lipinski definition) is 4. The summed E-state index contributed by atoms with van der Waals surface area (Å²) in [5, 5.41) is 7.15. The molecular formula is C16H20N4O2S. The molecule has 0 radical (unpaired) electrons. The fraction of sp³-hybridized carbons (Fsp3) is 0.438. The molecule has 0 unspecified atom stereocenters. The smallest absolute Gasteiger partial charge is 0.224 e. The summed E-state index contributed by atoms with van der Waals surface area (Å²) in [6.07, 6.45) is 0.409. The van der Waals surface area contributed by atoms with Crippen LogP contribution in [0.3, 0.4) is 0 Å². The first kappa shape index (κ1) is 15.9. The molecule has 0 aliphatic carbocycles. The van der Waals surface area contributed by atoms with Crippen LogP contribution < -0.4 is 0 Å². The first-order valence-corrected chi connectivity index (χ1v) is 8.14. The SMILES string of the molecule is Cc1cccc(-c2n[nH]c(=S)n2CCC(=O)N2CCOCC2)c1. The van der Waals surface area contributed by atoms with Gasteiger partial charge in [0.1, 0.15) is 0 Å². The topological polar surface area (TPSA) is 63.2 Å². The van der Waals surface area contributed by atoms with Gasteiger partial charge in [0.15, 0.2) is 10.6 Å². The minimum atomic E-state index is 0.131. The van der Waals surface area contributed by atoms with Crippen LogP contribution in [0.2, 0.25) is 0 Å². The Balaban J connectivity index is 1.74. The Morgan fingerprint density at radius 1 is 1.39 bits per heavy atom. The second-order valence-electron chi connectivity index (χ2n) is 5.62. The van der Waals surface area contributed by atoms with Crippen molar-refractivity contribution in [3.8, 4) is 11.4 Å². The zero-order chi connectivity index (χ0) is 16.2. The number of benzene rings is 1. The molecule has 0 bridgehead atoms. The van der Waals surface area contributed by atoms with Crippen LogP contribution >= 0.6 is 12.2 Å². The van der Waals surface area contributed by atoms with Crippen molar-refractivity contribution in [2.75, 3.05) is 26.3 Å². The predicted molar refractivity (Wildman–Crippen MR) is 89.6 cm³/mol. The van der Waals surface area contributed by atoms with E-state index in [4.69, 9.17) is 17.0 Å². The third-order valence-corrected chi connectivity index (χ3v) is 4.26. The lowest BCUT2D eigenvalue weighted by molar-refractivity contribution is -0.135. The van der Waals surface area contributed by atoms with Gasteiger partial charge in [-0.2, -0.15) is 5.10 Å². The molecule has 1 saturated heterocycles. The van der Waals surface area contributed by atoms with Crippen LogP contribution in [0.1, 0.15) is 12.0 Å². The molecule has 6 nitrogen and oxygen atoms in total. The number of morpholine rings is 1. The highest BCUT2D eigenvalue weighted by atomic mass is 32.1. The minimum Gasteiger partial charge on any atom is -0.378 e. The molecule has 1 fully saturated rings. The third kappa shape index (κ3) is 3.68. The maximum Gasteiger partial charge on any atom is 0.224 e. The van der Waals surface area contributed by atoms with Gasteiger partial charge in [0.05, 0.1) is 13.2 Å². The second-order valence-corrected chi connectivity index (χ2v) is 6.00. The van der Waals surface area contributed by atoms with E-state index in [0.717, 1.165) is 17.0 Å². The molecule has 1 N–H and O–H groups in total. The number of hydrogen-bond donors (Lipinski definition) is 1. The van der Waals surface area contributed by atoms with Crippen molar-refractivity contribution in [3.05, 3.63) is 34.6 Å². The van der Waals surface area contributed by atoms with Crippen molar-refractivity contribution in [2.45, 2.75) is 19.9 Å². The number of amides is 1. The lowest BCUT2D eigenvalue weighted by Crippen LogP contribution is -2.41. The molecule has 1 amide bonds. The number of aromatic nitrogens is 3. The Morgan fingerprint density at radius 3 is 2.91 bits per heavy atom. The predicted octanol–water partition coefficient (Wildman–Crippen LogP) is 2.17. The first-order chi connectivity index (χ1) is 11.1. The maximum absolute atomic E-state index is 12.3. The Morgan fingerprint density at radius 2 is 2.17 bits per heavy atom.